The molecule has 0 aromatic carbocycles. The molecule has 0 aliphatic heterocycles. The lowest BCUT2D eigenvalue weighted by Crippen LogP contribution is -2.36. The van der Waals surface area contributed by atoms with E-state index in [4.69, 9.17) is 5.11 Å². The van der Waals surface area contributed by atoms with Gasteiger partial charge in [0, 0.05) is 25.4 Å². The monoisotopic (exact) mass is 252 g/mol. The van der Waals surface area contributed by atoms with E-state index >= 15 is 0 Å². The van der Waals surface area contributed by atoms with Crippen molar-refractivity contribution < 1.29 is 14.7 Å². The van der Waals surface area contributed by atoms with Crippen LogP contribution in [0.4, 0.5) is 10.6 Å². The molecule has 1 fully saturated rings. The Balaban J connectivity index is 1.80. The van der Waals surface area contributed by atoms with Crippen LogP contribution in [0.3, 0.4) is 0 Å². The molecule has 0 bridgehead atoms. The second kappa shape index (κ2) is 5.07. The van der Waals surface area contributed by atoms with Gasteiger partial charge in [-0.3, -0.25) is 14.8 Å². The molecule has 1 heterocycles. The van der Waals surface area contributed by atoms with Crippen molar-refractivity contribution in [1.29, 1.82) is 0 Å². The van der Waals surface area contributed by atoms with Gasteiger partial charge < -0.3 is 10.4 Å². The summed E-state index contributed by atoms with van der Waals surface area (Å²) in [7, 11) is 1.76. The standard InChI is InChI=1S/C11H16N4O3/c1-15-5-4-9(14-15)13-11(18)12-8-3-2-7(6-8)10(16)17/h4-5,7-8H,2-3,6H2,1H3,(H,16,17)(H2,12,13,14,18)/t7-,8+/m1/s1. The number of aliphatic carboxylic acids is 1. The molecule has 3 N–H and O–H groups in total. The number of hydrogen-bond acceptors (Lipinski definition) is 3. The largest absolute Gasteiger partial charge is 0.481 e. The van der Waals surface area contributed by atoms with E-state index in [0.29, 0.717) is 25.1 Å². The van der Waals surface area contributed by atoms with E-state index in [1.54, 1.807) is 24.0 Å². The molecular formula is C11H16N4O3. The molecular weight excluding hydrogens is 236 g/mol. The number of aryl methyl sites for hydroxylation is 1. The minimum Gasteiger partial charge on any atom is -0.481 e. The molecule has 98 valence electrons. The maximum atomic E-state index is 11.6. The minimum absolute atomic E-state index is 0.0742. The van der Waals surface area contributed by atoms with Crippen molar-refractivity contribution in [2.24, 2.45) is 13.0 Å². The first-order valence-corrected chi connectivity index (χ1v) is 5.84. The zero-order valence-electron chi connectivity index (χ0n) is 10.1. The van der Waals surface area contributed by atoms with Gasteiger partial charge in [-0.2, -0.15) is 5.10 Å². The van der Waals surface area contributed by atoms with Crippen molar-refractivity contribution in [1.82, 2.24) is 15.1 Å². The normalized spacial score (nSPS) is 22.7. The molecule has 0 unspecified atom stereocenters. The van der Waals surface area contributed by atoms with Crippen molar-refractivity contribution in [3.8, 4) is 0 Å². The Kier molecular flexibility index (Phi) is 3.50. The predicted octanol–water partition coefficient (Wildman–Crippen LogP) is 0.795. The number of carbonyl (C=O) groups is 2. The van der Waals surface area contributed by atoms with Crippen molar-refractivity contribution in [2.45, 2.75) is 25.3 Å². The van der Waals surface area contributed by atoms with Gasteiger partial charge in [0.05, 0.1) is 5.92 Å². The predicted molar refractivity (Wildman–Crippen MR) is 64.1 cm³/mol. The van der Waals surface area contributed by atoms with Gasteiger partial charge in [-0.15, -0.1) is 0 Å². The average Bonchev–Trinajstić information content (AvgIpc) is 2.88. The molecule has 2 amide bonds. The molecule has 0 radical (unpaired) electrons. The Labute approximate surface area is 104 Å². The van der Waals surface area contributed by atoms with Crippen LogP contribution < -0.4 is 10.6 Å². The number of nitrogens with zero attached hydrogens (tertiary/aromatic N) is 2. The Bertz CT molecular complexity index is 457. The van der Waals surface area contributed by atoms with Crippen LogP contribution in [-0.4, -0.2) is 32.9 Å². The maximum Gasteiger partial charge on any atom is 0.320 e. The van der Waals surface area contributed by atoms with Crippen LogP contribution in [0.1, 0.15) is 19.3 Å². The maximum absolute atomic E-state index is 11.6. The lowest BCUT2D eigenvalue weighted by Gasteiger charge is -2.12. The first kappa shape index (κ1) is 12.4. The molecule has 2 atom stereocenters. The van der Waals surface area contributed by atoms with E-state index in [1.165, 1.54) is 0 Å². The van der Waals surface area contributed by atoms with Crippen LogP contribution in [0.15, 0.2) is 12.3 Å². The molecule has 1 aromatic rings. The zero-order valence-corrected chi connectivity index (χ0v) is 10.1. The molecule has 1 saturated carbocycles. The third kappa shape index (κ3) is 2.99. The topological polar surface area (TPSA) is 96.2 Å². The highest BCUT2D eigenvalue weighted by Crippen LogP contribution is 2.25. The van der Waals surface area contributed by atoms with Crippen LogP contribution >= 0.6 is 0 Å². The summed E-state index contributed by atoms with van der Waals surface area (Å²) >= 11 is 0. The van der Waals surface area contributed by atoms with Gasteiger partial charge in [0.2, 0.25) is 0 Å². The number of urea groups is 1. The quantitative estimate of drug-likeness (QED) is 0.741. The van der Waals surface area contributed by atoms with Crippen LogP contribution in [0.25, 0.3) is 0 Å². The van der Waals surface area contributed by atoms with E-state index < -0.39 is 5.97 Å². The van der Waals surface area contributed by atoms with Crippen molar-refractivity contribution in [3.63, 3.8) is 0 Å². The number of carbonyl (C=O) groups excluding carboxylic acids is 1. The summed E-state index contributed by atoms with van der Waals surface area (Å²) in [6.07, 6.45) is 3.53. The number of rotatable bonds is 3. The molecule has 7 nitrogen and oxygen atoms in total. The second-order valence-corrected chi connectivity index (χ2v) is 4.52. The Morgan fingerprint density at radius 1 is 1.50 bits per heavy atom. The number of hydrogen-bond donors (Lipinski definition) is 3. The fourth-order valence-electron chi connectivity index (χ4n) is 2.16. The SMILES string of the molecule is Cn1ccc(NC(=O)N[C@H]2CC[C@@H](C(=O)O)C2)n1. The molecule has 1 aromatic heterocycles. The number of anilines is 1. The lowest BCUT2D eigenvalue weighted by molar-refractivity contribution is -0.141. The van der Waals surface area contributed by atoms with Crippen molar-refractivity contribution in [2.75, 3.05) is 5.32 Å². The summed E-state index contributed by atoms with van der Waals surface area (Å²) in [6.45, 7) is 0. The summed E-state index contributed by atoms with van der Waals surface area (Å²) in [5.74, 6) is -0.655. The van der Waals surface area contributed by atoms with Gasteiger partial charge in [0.25, 0.3) is 0 Å². The van der Waals surface area contributed by atoms with Gasteiger partial charge in [-0.05, 0) is 19.3 Å². The molecule has 7 heteroatoms. The summed E-state index contributed by atoms with van der Waals surface area (Å²) in [4.78, 5) is 22.4. The minimum atomic E-state index is -0.788. The molecule has 0 spiro atoms. The van der Waals surface area contributed by atoms with Gasteiger partial charge in [-0.25, -0.2) is 4.79 Å². The van der Waals surface area contributed by atoms with E-state index in [2.05, 4.69) is 15.7 Å². The van der Waals surface area contributed by atoms with E-state index in [-0.39, 0.29) is 18.0 Å². The highest BCUT2D eigenvalue weighted by molar-refractivity contribution is 5.88. The fraction of sp³-hybridized carbons (Fsp3) is 0.545. The smallest absolute Gasteiger partial charge is 0.320 e. The van der Waals surface area contributed by atoms with Crippen LogP contribution in [0, 0.1) is 5.92 Å². The third-order valence-corrected chi connectivity index (χ3v) is 3.07. The number of carboxylic acids is 1. The van der Waals surface area contributed by atoms with Gasteiger partial charge in [-0.1, -0.05) is 0 Å². The van der Waals surface area contributed by atoms with E-state index in [0.717, 1.165) is 0 Å². The highest BCUT2D eigenvalue weighted by Gasteiger charge is 2.30. The number of amides is 2. The second-order valence-electron chi connectivity index (χ2n) is 4.52. The van der Waals surface area contributed by atoms with Gasteiger partial charge in [0.1, 0.15) is 0 Å². The lowest BCUT2D eigenvalue weighted by atomic mass is 10.1. The summed E-state index contributed by atoms with van der Waals surface area (Å²) in [5.41, 5.74) is 0. The zero-order chi connectivity index (χ0) is 13.1. The highest BCUT2D eigenvalue weighted by atomic mass is 16.4. The molecule has 2 rings (SSSR count). The third-order valence-electron chi connectivity index (χ3n) is 3.07. The van der Waals surface area contributed by atoms with Crippen molar-refractivity contribution in [3.05, 3.63) is 12.3 Å². The van der Waals surface area contributed by atoms with Crippen LogP contribution in [-0.2, 0) is 11.8 Å². The molecule has 1 aliphatic rings. The molecule has 1 aliphatic carbocycles. The van der Waals surface area contributed by atoms with Crippen LogP contribution in [0.5, 0.6) is 0 Å². The van der Waals surface area contributed by atoms with Crippen LogP contribution in [0.2, 0.25) is 0 Å². The van der Waals surface area contributed by atoms with Gasteiger partial charge in [0.15, 0.2) is 5.82 Å². The van der Waals surface area contributed by atoms with E-state index in [1.807, 2.05) is 0 Å². The van der Waals surface area contributed by atoms with Gasteiger partial charge >= 0.3 is 12.0 Å². The Morgan fingerprint density at radius 3 is 2.83 bits per heavy atom. The molecule has 18 heavy (non-hydrogen) atoms. The van der Waals surface area contributed by atoms with Crippen molar-refractivity contribution >= 4 is 17.8 Å². The first-order valence-electron chi connectivity index (χ1n) is 5.84. The average molecular weight is 252 g/mol. The number of nitrogens with one attached hydrogen (secondary N) is 2. The summed E-state index contributed by atoms with van der Waals surface area (Å²) < 4.78 is 1.59. The number of carboxylic acid groups (broad SMARTS) is 1. The Morgan fingerprint density at radius 2 is 2.28 bits per heavy atom. The molecule has 0 saturated heterocycles. The fourth-order valence-corrected chi connectivity index (χ4v) is 2.16. The van der Waals surface area contributed by atoms with E-state index in [9.17, 15) is 9.59 Å². The first-order chi connectivity index (χ1) is 8.54. The number of aromatic nitrogens is 2. The summed E-state index contributed by atoms with van der Waals surface area (Å²) in [6, 6.07) is 1.27. The summed E-state index contributed by atoms with van der Waals surface area (Å²) in [5, 5.41) is 18.2. The Hall–Kier alpha value is -2.05.